The largest absolute Gasteiger partial charge is 0.493 e. The summed E-state index contributed by atoms with van der Waals surface area (Å²) in [6, 6.07) is 11.7. The molecule has 0 saturated heterocycles. The van der Waals surface area contributed by atoms with Gasteiger partial charge < -0.3 is 19.3 Å². The van der Waals surface area contributed by atoms with Crippen LogP contribution in [0, 0.1) is 0 Å². The fourth-order valence-electron chi connectivity index (χ4n) is 2.82. The molecule has 0 aliphatic rings. The number of halogens is 3. The Bertz CT molecular complexity index is 1280. The molecule has 0 unspecified atom stereocenters. The highest BCUT2D eigenvalue weighted by Crippen LogP contribution is 2.32. The Hall–Kier alpha value is -3.33. The van der Waals surface area contributed by atoms with Gasteiger partial charge in [0, 0.05) is 28.5 Å². The highest BCUT2D eigenvalue weighted by molar-refractivity contribution is 6.39. The number of pyridine rings is 1. The molecule has 0 bridgehead atoms. The monoisotopic (exact) mass is 504 g/mol. The number of anilines is 1. The van der Waals surface area contributed by atoms with Gasteiger partial charge in [-0.1, -0.05) is 40.0 Å². The SMILES string of the molecule is COc1ccc(C(=O)Nc2c(Cl)cncc2Cl)cc1OCc1nc(-c2ccc(Cl)cc2)no1. The molecule has 2 aromatic heterocycles. The summed E-state index contributed by atoms with van der Waals surface area (Å²) >= 11 is 18.1. The lowest BCUT2D eigenvalue weighted by Gasteiger charge is -2.12. The molecule has 0 aliphatic carbocycles. The fourth-order valence-corrected chi connectivity index (χ4v) is 3.40. The highest BCUT2D eigenvalue weighted by Gasteiger charge is 2.16. The first kappa shape index (κ1) is 22.8. The summed E-state index contributed by atoms with van der Waals surface area (Å²) in [6.07, 6.45) is 2.77. The second-order valence-corrected chi connectivity index (χ2v) is 7.86. The van der Waals surface area contributed by atoms with E-state index in [0.717, 1.165) is 5.56 Å². The second-order valence-electron chi connectivity index (χ2n) is 6.61. The summed E-state index contributed by atoms with van der Waals surface area (Å²) in [5, 5.41) is 7.65. The van der Waals surface area contributed by atoms with Gasteiger partial charge in [0.1, 0.15) is 0 Å². The van der Waals surface area contributed by atoms with E-state index in [1.165, 1.54) is 25.6 Å². The van der Waals surface area contributed by atoms with Crippen molar-refractivity contribution < 1.29 is 18.8 Å². The van der Waals surface area contributed by atoms with Gasteiger partial charge in [-0.05, 0) is 42.5 Å². The third kappa shape index (κ3) is 5.36. The predicted molar refractivity (Wildman–Crippen MR) is 124 cm³/mol. The minimum atomic E-state index is -0.444. The lowest BCUT2D eigenvalue weighted by atomic mass is 10.2. The number of methoxy groups -OCH3 is 1. The van der Waals surface area contributed by atoms with E-state index in [0.29, 0.717) is 27.9 Å². The van der Waals surface area contributed by atoms with Gasteiger partial charge in [-0.2, -0.15) is 4.98 Å². The zero-order valence-corrected chi connectivity index (χ0v) is 19.3. The molecule has 0 saturated carbocycles. The van der Waals surface area contributed by atoms with Crippen molar-refractivity contribution in [2.24, 2.45) is 0 Å². The van der Waals surface area contributed by atoms with Gasteiger partial charge in [-0.25, -0.2) is 0 Å². The maximum atomic E-state index is 12.7. The number of carbonyl (C=O) groups excluding carboxylic acids is 1. The highest BCUT2D eigenvalue weighted by atomic mass is 35.5. The first-order chi connectivity index (χ1) is 15.9. The Morgan fingerprint density at radius 1 is 1.03 bits per heavy atom. The zero-order valence-electron chi connectivity index (χ0n) is 17.0. The third-order valence-corrected chi connectivity index (χ3v) is 5.26. The van der Waals surface area contributed by atoms with Gasteiger partial charge in [0.2, 0.25) is 5.82 Å². The smallest absolute Gasteiger partial charge is 0.264 e. The number of aromatic nitrogens is 3. The molecule has 168 valence electrons. The van der Waals surface area contributed by atoms with Crippen molar-refractivity contribution in [3.8, 4) is 22.9 Å². The van der Waals surface area contributed by atoms with Gasteiger partial charge in [0.25, 0.3) is 11.8 Å². The normalized spacial score (nSPS) is 10.7. The van der Waals surface area contributed by atoms with E-state index in [9.17, 15) is 4.79 Å². The van der Waals surface area contributed by atoms with E-state index < -0.39 is 5.91 Å². The summed E-state index contributed by atoms with van der Waals surface area (Å²) in [5.74, 6) is 0.927. The molecule has 11 heteroatoms. The van der Waals surface area contributed by atoms with Crippen LogP contribution >= 0.6 is 34.8 Å². The van der Waals surface area contributed by atoms with E-state index in [4.69, 9.17) is 48.8 Å². The Balaban J connectivity index is 1.49. The van der Waals surface area contributed by atoms with Crippen molar-refractivity contribution in [2.45, 2.75) is 6.61 Å². The second kappa shape index (κ2) is 10.1. The summed E-state index contributed by atoms with van der Waals surface area (Å²) in [5.41, 5.74) is 1.30. The van der Waals surface area contributed by atoms with Crippen LogP contribution in [0.4, 0.5) is 5.69 Å². The van der Waals surface area contributed by atoms with Gasteiger partial charge in [0.05, 0.1) is 22.8 Å². The number of nitrogens with one attached hydrogen (secondary N) is 1. The first-order valence-electron chi connectivity index (χ1n) is 9.44. The zero-order chi connectivity index (χ0) is 23.4. The summed E-state index contributed by atoms with van der Waals surface area (Å²) in [6.45, 7) is -0.0377. The van der Waals surface area contributed by atoms with Crippen molar-refractivity contribution in [2.75, 3.05) is 12.4 Å². The molecule has 1 amide bonds. The molecule has 0 atom stereocenters. The van der Waals surface area contributed by atoms with Gasteiger partial charge in [-0.15, -0.1) is 0 Å². The van der Waals surface area contributed by atoms with Crippen molar-refractivity contribution >= 4 is 46.4 Å². The molecule has 0 aliphatic heterocycles. The quantitative estimate of drug-likeness (QED) is 0.332. The summed E-state index contributed by atoms with van der Waals surface area (Å²) in [4.78, 5) is 20.9. The number of nitrogens with zero attached hydrogens (tertiary/aromatic N) is 3. The molecule has 33 heavy (non-hydrogen) atoms. The summed E-state index contributed by atoms with van der Waals surface area (Å²) in [7, 11) is 1.49. The molecule has 0 fully saturated rings. The lowest BCUT2D eigenvalue weighted by molar-refractivity contribution is 0.102. The number of benzene rings is 2. The third-order valence-electron chi connectivity index (χ3n) is 4.44. The van der Waals surface area contributed by atoms with E-state index in [1.807, 2.05) is 0 Å². The molecule has 0 radical (unpaired) electrons. The van der Waals surface area contributed by atoms with E-state index >= 15 is 0 Å². The van der Waals surface area contributed by atoms with Crippen LogP contribution in [-0.4, -0.2) is 28.1 Å². The minimum Gasteiger partial charge on any atom is -0.493 e. The van der Waals surface area contributed by atoms with Crippen molar-refractivity contribution in [1.82, 2.24) is 15.1 Å². The average Bonchev–Trinajstić information content (AvgIpc) is 3.29. The molecule has 4 aromatic rings. The van der Waals surface area contributed by atoms with Crippen LogP contribution in [0.15, 0.2) is 59.4 Å². The van der Waals surface area contributed by atoms with Gasteiger partial charge in [-0.3, -0.25) is 9.78 Å². The van der Waals surface area contributed by atoms with Crippen LogP contribution in [0.25, 0.3) is 11.4 Å². The maximum Gasteiger partial charge on any atom is 0.264 e. The molecule has 8 nitrogen and oxygen atoms in total. The standard InChI is InChI=1S/C22H15Cl3N4O4/c1-31-17-7-4-13(22(30)28-20-15(24)9-26-10-16(20)25)8-18(17)32-11-19-27-21(29-33-19)12-2-5-14(23)6-3-12/h2-10H,11H2,1H3,(H,26,28,30). The van der Waals surface area contributed by atoms with Crippen LogP contribution < -0.4 is 14.8 Å². The van der Waals surface area contributed by atoms with E-state index in [-0.39, 0.29) is 28.2 Å². The van der Waals surface area contributed by atoms with Gasteiger partial charge in [0.15, 0.2) is 18.1 Å². The Morgan fingerprint density at radius 2 is 1.76 bits per heavy atom. The maximum absolute atomic E-state index is 12.7. The number of hydrogen-bond donors (Lipinski definition) is 1. The number of hydrogen-bond acceptors (Lipinski definition) is 7. The number of ether oxygens (including phenoxy) is 2. The molecular weight excluding hydrogens is 491 g/mol. The molecule has 4 rings (SSSR count). The van der Waals surface area contributed by atoms with Gasteiger partial charge >= 0.3 is 0 Å². The number of rotatable bonds is 7. The first-order valence-corrected chi connectivity index (χ1v) is 10.6. The average molecular weight is 506 g/mol. The molecule has 2 heterocycles. The van der Waals surface area contributed by atoms with Crippen LogP contribution in [0.5, 0.6) is 11.5 Å². The topological polar surface area (TPSA) is 99.4 Å². The van der Waals surface area contributed by atoms with Crippen LogP contribution in [-0.2, 0) is 6.61 Å². The Kier molecular flexibility index (Phi) is 6.98. The fraction of sp³-hybridized carbons (Fsp3) is 0.0909. The minimum absolute atomic E-state index is 0.0377. The van der Waals surface area contributed by atoms with E-state index in [1.54, 1.807) is 36.4 Å². The summed E-state index contributed by atoms with van der Waals surface area (Å²) < 4.78 is 16.4. The van der Waals surface area contributed by atoms with Crippen LogP contribution in [0.1, 0.15) is 16.2 Å². The number of amides is 1. The Labute approximate surface area is 203 Å². The van der Waals surface area contributed by atoms with Crippen molar-refractivity contribution in [3.63, 3.8) is 0 Å². The molecule has 2 aromatic carbocycles. The predicted octanol–water partition coefficient (Wildman–Crippen LogP) is 5.93. The molecule has 1 N–H and O–H groups in total. The Morgan fingerprint density at radius 3 is 2.45 bits per heavy atom. The van der Waals surface area contributed by atoms with E-state index in [2.05, 4.69) is 20.4 Å². The molecular formula is C22H15Cl3N4O4. The number of carbonyl (C=O) groups is 1. The van der Waals surface area contributed by atoms with Crippen molar-refractivity contribution in [3.05, 3.63) is 81.4 Å². The molecule has 0 spiro atoms. The van der Waals surface area contributed by atoms with Crippen LogP contribution in [0.3, 0.4) is 0 Å². The lowest BCUT2D eigenvalue weighted by Crippen LogP contribution is -2.13. The van der Waals surface area contributed by atoms with Crippen molar-refractivity contribution in [1.29, 1.82) is 0 Å². The van der Waals surface area contributed by atoms with Crippen LogP contribution in [0.2, 0.25) is 15.1 Å².